The number of aliphatic hydroxyl groups excluding tert-OH is 1. The highest BCUT2D eigenvalue weighted by Gasteiger charge is 2.13. The first kappa shape index (κ1) is 22.9. The molecule has 0 saturated heterocycles. The summed E-state index contributed by atoms with van der Waals surface area (Å²) >= 11 is 0. The molecule has 0 radical (unpaired) electrons. The SMILES string of the molecule is CC(C)(O)CO.COc1ccc2c(c1)CC=CC(C(=O)OCCC(C)C)=C2. The molecule has 0 saturated carbocycles. The topological polar surface area (TPSA) is 76.0 Å². The lowest BCUT2D eigenvalue weighted by molar-refractivity contribution is -0.138. The van der Waals surface area contributed by atoms with Crippen LogP contribution in [0.1, 0.15) is 45.2 Å². The van der Waals surface area contributed by atoms with Crippen molar-refractivity contribution in [3.8, 4) is 5.75 Å². The van der Waals surface area contributed by atoms with Crippen molar-refractivity contribution in [2.45, 2.75) is 46.1 Å². The van der Waals surface area contributed by atoms with Crippen LogP contribution >= 0.6 is 0 Å². The van der Waals surface area contributed by atoms with E-state index in [9.17, 15) is 4.79 Å². The quantitative estimate of drug-likeness (QED) is 0.743. The van der Waals surface area contributed by atoms with Gasteiger partial charge in [-0.2, -0.15) is 0 Å². The lowest BCUT2D eigenvalue weighted by Crippen LogP contribution is -2.23. The van der Waals surface area contributed by atoms with Crippen LogP contribution in [0.4, 0.5) is 0 Å². The molecule has 2 N–H and O–H groups in total. The lowest BCUT2D eigenvalue weighted by Gasteiger charge is -2.10. The zero-order valence-corrected chi connectivity index (χ0v) is 17.0. The molecule has 0 heterocycles. The molecule has 0 fully saturated rings. The maximum atomic E-state index is 12.1. The van der Waals surface area contributed by atoms with E-state index in [1.54, 1.807) is 21.0 Å². The number of aliphatic hydroxyl groups is 2. The Hall–Kier alpha value is -2.11. The molecule has 0 unspecified atom stereocenters. The molecule has 0 atom stereocenters. The fourth-order valence-electron chi connectivity index (χ4n) is 2.15. The minimum Gasteiger partial charge on any atom is -0.497 e. The van der Waals surface area contributed by atoms with Crippen molar-refractivity contribution in [3.63, 3.8) is 0 Å². The van der Waals surface area contributed by atoms with E-state index in [4.69, 9.17) is 19.7 Å². The van der Waals surface area contributed by atoms with E-state index in [1.165, 1.54) is 0 Å². The molecule has 1 aliphatic carbocycles. The minimum atomic E-state index is -0.903. The van der Waals surface area contributed by atoms with Gasteiger partial charge in [0.2, 0.25) is 0 Å². The summed E-state index contributed by atoms with van der Waals surface area (Å²) in [5.74, 6) is 1.11. The minimum absolute atomic E-state index is 0.174. The lowest BCUT2D eigenvalue weighted by atomic mass is 10.0. The van der Waals surface area contributed by atoms with Crippen LogP contribution in [0.15, 0.2) is 35.9 Å². The second-order valence-corrected chi connectivity index (χ2v) is 7.56. The molecule has 0 amide bonds. The molecular formula is C22H32O5. The van der Waals surface area contributed by atoms with E-state index in [1.807, 2.05) is 36.4 Å². The Kier molecular flexibility index (Phi) is 9.26. The van der Waals surface area contributed by atoms with Crippen molar-refractivity contribution < 1.29 is 24.5 Å². The molecule has 1 aromatic carbocycles. The second kappa shape index (κ2) is 10.9. The third-order valence-electron chi connectivity index (χ3n) is 3.85. The number of benzene rings is 1. The first-order valence-corrected chi connectivity index (χ1v) is 9.21. The van der Waals surface area contributed by atoms with E-state index >= 15 is 0 Å². The van der Waals surface area contributed by atoms with Gasteiger partial charge in [-0.05, 0) is 61.9 Å². The first-order chi connectivity index (χ1) is 12.7. The van der Waals surface area contributed by atoms with E-state index in [2.05, 4.69) is 13.8 Å². The number of allylic oxidation sites excluding steroid dienone is 1. The van der Waals surface area contributed by atoms with Gasteiger partial charge in [-0.25, -0.2) is 4.79 Å². The van der Waals surface area contributed by atoms with Gasteiger partial charge in [0.1, 0.15) is 5.75 Å². The summed E-state index contributed by atoms with van der Waals surface area (Å²) in [5, 5.41) is 16.7. The van der Waals surface area contributed by atoms with E-state index in [-0.39, 0.29) is 12.6 Å². The molecule has 0 bridgehead atoms. The van der Waals surface area contributed by atoms with Gasteiger partial charge in [-0.1, -0.05) is 32.1 Å². The molecule has 5 nitrogen and oxygen atoms in total. The maximum absolute atomic E-state index is 12.1. The Bertz CT molecular complexity index is 666. The summed E-state index contributed by atoms with van der Waals surface area (Å²) in [6, 6.07) is 5.88. The number of hydrogen-bond acceptors (Lipinski definition) is 5. The number of ether oxygens (including phenoxy) is 2. The second-order valence-electron chi connectivity index (χ2n) is 7.56. The van der Waals surface area contributed by atoms with Crippen molar-refractivity contribution in [3.05, 3.63) is 47.1 Å². The third-order valence-corrected chi connectivity index (χ3v) is 3.85. The highest BCUT2D eigenvalue weighted by atomic mass is 16.5. The number of hydrogen-bond donors (Lipinski definition) is 2. The highest BCUT2D eigenvalue weighted by Crippen LogP contribution is 2.24. The van der Waals surface area contributed by atoms with Crippen molar-refractivity contribution in [2.75, 3.05) is 20.3 Å². The summed E-state index contributed by atoms with van der Waals surface area (Å²) in [6.07, 6.45) is 7.38. The van der Waals surface area contributed by atoms with Crippen LogP contribution in [-0.2, 0) is 16.0 Å². The predicted octanol–water partition coefficient (Wildman–Crippen LogP) is 3.53. The predicted molar refractivity (Wildman–Crippen MR) is 108 cm³/mol. The third kappa shape index (κ3) is 8.89. The average molecular weight is 376 g/mol. The maximum Gasteiger partial charge on any atom is 0.338 e. The Balaban J connectivity index is 0.000000527. The number of fused-ring (bicyclic) bond motifs is 1. The van der Waals surface area contributed by atoms with E-state index in [0.717, 1.165) is 29.7 Å². The van der Waals surface area contributed by atoms with Crippen molar-refractivity contribution >= 4 is 12.0 Å². The molecule has 0 spiro atoms. The van der Waals surface area contributed by atoms with Gasteiger partial charge in [0.25, 0.3) is 0 Å². The summed E-state index contributed by atoms with van der Waals surface area (Å²) < 4.78 is 10.6. The summed E-state index contributed by atoms with van der Waals surface area (Å²) in [4.78, 5) is 12.1. The summed E-state index contributed by atoms with van der Waals surface area (Å²) in [5.41, 5.74) is 1.88. The molecule has 1 aliphatic rings. The monoisotopic (exact) mass is 376 g/mol. The van der Waals surface area contributed by atoms with Crippen LogP contribution in [0.5, 0.6) is 5.75 Å². The van der Waals surface area contributed by atoms with Gasteiger partial charge in [-0.15, -0.1) is 0 Å². The summed E-state index contributed by atoms with van der Waals surface area (Å²) in [6.45, 7) is 7.62. The van der Waals surface area contributed by atoms with Crippen molar-refractivity contribution in [2.24, 2.45) is 5.92 Å². The molecule has 0 aromatic heterocycles. The number of rotatable bonds is 6. The van der Waals surface area contributed by atoms with Crippen LogP contribution < -0.4 is 4.74 Å². The molecule has 5 heteroatoms. The van der Waals surface area contributed by atoms with Crippen LogP contribution in [0.25, 0.3) is 6.08 Å². The summed E-state index contributed by atoms with van der Waals surface area (Å²) in [7, 11) is 1.65. The number of esters is 1. The molecule has 1 aromatic rings. The van der Waals surface area contributed by atoms with E-state index < -0.39 is 5.60 Å². The van der Waals surface area contributed by atoms with Gasteiger partial charge in [0.05, 0.1) is 31.5 Å². The van der Waals surface area contributed by atoms with Gasteiger partial charge < -0.3 is 19.7 Å². The zero-order chi connectivity index (χ0) is 20.4. The van der Waals surface area contributed by atoms with Crippen LogP contribution in [0.2, 0.25) is 0 Å². The van der Waals surface area contributed by atoms with Crippen LogP contribution in [0, 0.1) is 5.92 Å². The van der Waals surface area contributed by atoms with Crippen molar-refractivity contribution in [1.82, 2.24) is 0 Å². The molecule has 150 valence electrons. The number of carbonyl (C=O) groups is 1. The van der Waals surface area contributed by atoms with Crippen molar-refractivity contribution in [1.29, 1.82) is 0 Å². The van der Waals surface area contributed by atoms with Gasteiger partial charge in [0, 0.05) is 0 Å². The highest BCUT2D eigenvalue weighted by molar-refractivity contribution is 5.97. The van der Waals surface area contributed by atoms with Crippen LogP contribution in [-0.4, -0.2) is 42.1 Å². The molecule has 27 heavy (non-hydrogen) atoms. The van der Waals surface area contributed by atoms with Gasteiger partial charge in [0.15, 0.2) is 0 Å². The Morgan fingerprint density at radius 2 is 1.96 bits per heavy atom. The largest absolute Gasteiger partial charge is 0.497 e. The molecular weight excluding hydrogens is 344 g/mol. The number of carbonyl (C=O) groups excluding carboxylic acids is 1. The standard InChI is InChI=1S/C18H22O3.C4H10O2/c1-13(2)9-10-21-18(19)16-6-4-5-14-12-17(20-3)8-7-15(14)11-16;1-4(2,6)3-5/h4,6-8,11-13H,5,9-10H2,1-3H3;5-6H,3H2,1-2H3. The molecule has 2 rings (SSSR count). The Morgan fingerprint density at radius 1 is 1.30 bits per heavy atom. The fourth-order valence-corrected chi connectivity index (χ4v) is 2.15. The average Bonchev–Trinajstić information content (AvgIpc) is 2.82. The smallest absolute Gasteiger partial charge is 0.338 e. The van der Waals surface area contributed by atoms with E-state index in [0.29, 0.717) is 18.1 Å². The van der Waals surface area contributed by atoms with Gasteiger partial charge in [-0.3, -0.25) is 0 Å². The molecule has 0 aliphatic heterocycles. The first-order valence-electron chi connectivity index (χ1n) is 9.21. The Morgan fingerprint density at radius 3 is 2.52 bits per heavy atom. The Labute approximate surface area is 162 Å². The number of methoxy groups -OCH3 is 1. The van der Waals surface area contributed by atoms with Gasteiger partial charge >= 0.3 is 5.97 Å². The normalized spacial score (nSPS) is 13.1. The zero-order valence-electron chi connectivity index (χ0n) is 17.0. The fraction of sp³-hybridized carbons (Fsp3) is 0.500. The van der Waals surface area contributed by atoms with Crippen LogP contribution in [0.3, 0.4) is 0 Å².